The molecule has 2 aromatic rings. The van der Waals surface area contributed by atoms with Crippen LogP contribution in [0.2, 0.25) is 0 Å². The second-order valence-electron chi connectivity index (χ2n) is 7.79. The number of amidine groups is 1. The molecule has 3 amide bonds. The number of fused-ring (bicyclic) bond motifs is 1. The van der Waals surface area contributed by atoms with Gasteiger partial charge in [-0.25, -0.2) is 8.42 Å². The molecule has 1 saturated heterocycles. The molecule has 2 aliphatic heterocycles. The number of aliphatic imine (C=N–C) groups is 1. The van der Waals surface area contributed by atoms with Gasteiger partial charge < -0.3 is 5.32 Å². The topological polar surface area (TPSA) is 125 Å². The molecule has 2 N–H and O–H groups in total. The molecule has 0 aliphatic carbocycles. The highest BCUT2D eigenvalue weighted by Crippen LogP contribution is 2.32. The zero-order valence-electron chi connectivity index (χ0n) is 18.4. The van der Waals surface area contributed by atoms with E-state index in [1.165, 1.54) is 13.0 Å². The maximum atomic E-state index is 12.6. The highest BCUT2D eigenvalue weighted by molar-refractivity contribution is 8.18. The molecular weight excluding hydrogens is 476 g/mol. The summed E-state index contributed by atoms with van der Waals surface area (Å²) in [4.78, 5) is 43.1. The van der Waals surface area contributed by atoms with E-state index in [9.17, 15) is 22.8 Å². The standard InChI is InChI=1S/C23H22N4O5S2/c1-14-7-9-16(10-8-14)13-18-22(29)27(23(30)33-18)12-11-24-21(28)15(2)25-20-17-5-3-4-6-19(17)34(31,32)26-20/h3-10,13,15H,11-12H2,1-2H3,(H,24,28)(H,25,26)/b18-13-/t15-/m0/s1. The first-order valence-corrected chi connectivity index (χ1v) is 12.8. The molecule has 1 atom stereocenters. The summed E-state index contributed by atoms with van der Waals surface area (Å²) in [6.45, 7) is 3.55. The molecule has 0 unspecified atom stereocenters. The lowest BCUT2D eigenvalue weighted by molar-refractivity contribution is -0.124. The quantitative estimate of drug-likeness (QED) is 0.589. The van der Waals surface area contributed by atoms with Gasteiger partial charge in [-0.3, -0.25) is 29.0 Å². The zero-order chi connectivity index (χ0) is 24.5. The number of nitrogens with one attached hydrogen (secondary N) is 2. The first-order valence-electron chi connectivity index (χ1n) is 10.5. The van der Waals surface area contributed by atoms with E-state index >= 15 is 0 Å². The molecule has 34 heavy (non-hydrogen) atoms. The van der Waals surface area contributed by atoms with Crippen LogP contribution in [0.25, 0.3) is 6.08 Å². The van der Waals surface area contributed by atoms with Gasteiger partial charge in [-0.05, 0) is 49.4 Å². The van der Waals surface area contributed by atoms with Crippen LogP contribution in [0.4, 0.5) is 4.79 Å². The second kappa shape index (κ2) is 9.43. The van der Waals surface area contributed by atoms with E-state index in [4.69, 9.17) is 0 Å². The lowest BCUT2D eigenvalue weighted by Crippen LogP contribution is -2.40. The Morgan fingerprint density at radius 2 is 1.88 bits per heavy atom. The molecule has 9 nitrogen and oxygen atoms in total. The minimum atomic E-state index is -3.70. The van der Waals surface area contributed by atoms with Crippen LogP contribution in [0.1, 0.15) is 23.6 Å². The highest BCUT2D eigenvalue weighted by Gasteiger charge is 2.35. The van der Waals surface area contributed by atoms with Gasteiger partial charge in [0.15, 0.2) is 0 Å². The van der Waals surface area contributed by atoms with Crippen molar-refractivity contribution in [3.8, 4) is 0 Å². The van der Waals surface area contributed by atoms with Crippen LogP contribution < -0.4 is 10.0 Å². The molecule has 2 aromatic carbocycles. The largest absolute Gasteiger partial charge is 0.352 e. The Kier molecular flexibility index (Phi) is 6.58. The maximum Gasteiger partial charge on any atom is 0.293 e. The summed E-state index contributed by atoms with van der Waals surface area (Å²) in [6, 6.07) is 13.1. The molecule has 2 aliphatic rings. The summed E-state index contributed by atoms with van der Waals surface area (Å²) in [5.74, 6) is -0.765. The number of thioether (sulfide) groups is 1. The Labute approximate surface area is 201 Å². The molecule has 1 fully saturated rings. The summed E-state index contributed by atoms with van der Waals surface area (Å²) in [6.07, 6.45) is 1.67. The number of imide groups is 1. The molecule has 0 aromatic heterocycles. The molecule has 0 bridgehead atoms. The fourth-order valence-electron chi connectivity index (χ4n) is 3.43. The van der Waals surface area contributed by atoms with Crippen LogP contribution in [0.15, 0.2) is 63.3 Å². The second-order valence-corrected chi connectivity index (χ2v) is 10.4. The summed E-state index contributed by atoms with van der Waals surface area (Å²) in [5, 5.41) is 2.24. The minimum Gasteiger partial charge on any atom is -0.352 e. The number of nitrogens with zero attached hydrogens (tertiary/aromatic N) is 2. The molecular formula is C23H22N4O5S2. The average Bonchev–Trinajstić information content (AvgIpc) is 3.21. The SMILES string of the molecule is Cc1ccc(/C=C2\SC(=O)N(CCNC(=O)[C@H](C)N=C3NS(=O)(=O)c4ccccc43)C2=O)cc1. The molecule has 176 valence electrons. The molecule has 0 radical (unpaired) electrons. The Morgan fingerprint density at radius 3 is 2.62 bits per heavy atom. The first-order chi connectivity index (χ1) is 16.2. The van der Waals surface area contributed by atoms with Gasteiger partial charge in [0.1, 0.15) is 11.9 Å². The van der Waals surface area contributed by atoms with Gasteiger partial charge in [-0.2, -0.15) is 0 Å². The van der Waals surface area contributed by atoms with Gasteiger partial charge in [-0.15, -0.1) is 0 Å². The Hall–Kier alpha value is -3.44. The van der Waals surface area contributed by atoms with Crippen molar-refractivity contribution in [3.05, 3.63) is 70.1 Å². The van der Waals surface area contributed by atoms with E-state index in [-0.39, 0.29) is 23.8 Å². The van der Waals surface area contributed by atoms with Crippen molar-refractivity contribution in [2.24, 2.45) is 4.99 Å². The summed E-state index contributed by atoms with van der Waals surface area (Å²) in [5.41, 5.74) is 2.32. The van der Waals surface area contributed by atoms with Gasteiger partial charge in [0.05, 0.1) is 9.80 Å². The number of hydrogen-bond donors (Lipinski definition) is 2. The lowest BCUT2D eigenvalue weighted by atomic mass is 10.1. The summed E-state index contributed by atoms with van der Waals surface area (Å²) < 4.78 is 26.7. The van der Waals surface area contributed by atoms with Crippen molar-refractivity contribution in [1.82, 2.24) is 14.9 Å². The van der Waals surface area contributed by atoms with Gasteiger partial charge in [0.25, 0.3) is 21.2 Å². The smallest absolute Gasteiger partial charge is 0.293 e. The molecule has 0 saturated carbocycles. The monoisotopic (exact) mass is 498 g/mol. The number of rotatable bonds is 6. The Balaban J connectivity index is 1.35. The van der Waals surface area contributed by atoms with E-state index in [0.717, 1.165) is 27.8 Å². The first kappa shape index (κ1) is 23.7. The van der Waals surface area contributed by atoms with Crippen LogP contribution in [0.5, 0.6) is 0 Å². The Bertz CT molecular complexity index is 1330. The van der Waals surface area contributed by atoms with Crippen molar-refractivity contribution in [2.75, 3.05) is 13.1 Å². The lowest BCUT2D eigenvalue weighted by Gasteiger charge is -2.14. The molecule has 4 rings (SSSR count). The number of hydrogen-bond acceptors (Lipinski definition) is 7. The van der Waals surface area contributed by atoms with Gasteiger partial charge >= 0.3 is 0 Å². The predicted octanol–water partition coefficient (Wildman–Crippen LogP) is 2.27. The van der Waals surface area contributed by atoms with Crippen molar-refractivity contribution in [3.63, 3.8) is 0 Å². The number of carbonyl (C=O) groups is 3. The van der Waals surface area contributed by atoms with Crippen molar-refractivity contribution in [2.45, 2.75) is 24.8 Å². The predicted molar refractivity (Wildman–Crippen MR) is 130 cm³/mol. The third-order valence-electron chi connectivity index (χ3n) is 5.25. The number of benzene rings is 2. The van der Waals surface area contributed by atoms with E-state index in [0.29, 0.717) is 10.5 Å². The molecule has 11 heteroatoms. The zero-order valence-corrected chi connectivity index (χ0v) is 20.1. The van der Waals surface area contributed by atoms with Crippen molar-refractivity contribution < 1.29 is 22.8 Å². The van der Waals surface area contributed by atoms with E-state index in [2.05, 4.69) is 15.0 Å². The summed E-state index contributed by atoms with van der Waals surface area (Å²) >= 11 is 0.859. The third-order valence-corrected chi connectivity index (χ3v) is 7.55. The van der Waals surface area contributed by atoms with Gasteiger partial charge in [-0.1, -0.05) is 42.0 Å². The fraction of sp³-hybridized carbons (Fsp3) is 0.217. The maximum absolute atomic E-state index is 12.6. The van der Waals surface area contributed by atoms with Gasteiger partial charge in [0, 0.05) is 18.7 Å². The van der Waals surface area contributed by atoms with Crippen molar-refractivity contribution >= 4 is 50.8 Å². The normalized spacial score (nSPS) is 19.9. The molecule has 0 spiro atoms. The fourth-order valence-corrected chi connectivity index (χ4v) is 5.53. The number of aryl methyl sites for hydroxylation is 1. The average molecular weight is 499 g/mol. The van der Waals surface area contributed by atoms with E-state index < -0.39 is 33.1 Å². The number of amides is 3. The number of carbonyl (C=O) groups excluding carboxylic acids is 3. The summed E-state index contributed by atoms with van der Waals surface area (Å²) in [7, 11) is -3.70. The Morgan fingerprint density at radius 1 is 1.18 bits per heavy atom. The van der Waals surface area contributed by atoms with Crippen LogP contribution in [0.3, 0.4) is 0 Å². The van der Waals surface area contributed by atoms with Crippen LogP contribution >= 0.6 is 11.8 Å². The van der Waals surface area contributed by atoms with Crippen LogP contribution in [-0.4, -0.2) is 55.3 Å². The minimum absolute atomic E-state index is 0.0143. The van der Waals surface area contributed by atoms with E-state index in [1.807, 2.05) is 31.2 Å². The van der Waals surface area contributed by atoms with Crippen LogP contribution in [-0.2, 0) is 19.6 Å². The van der Waals surface area contributed by atoms with Gasteiger partial charge in [0.2, 0.25) is 5.91 Å². The van der Waals surface area contributed by atoms with Crippen molar-refractivity contribution in [1.29, 1.82) is 0 Å². The van der Waals surface area contributed by atoms with Crippen LogP contribution in [0, 0.1) is 6.92 Å². The number of sulfonamides is 1. The highest BCUT2D eigenvalue weighted by atomic mass is 32.2. The molecule has 2 heterocycles. The van der Waals surface area contributed by atoms with E-state index in [1.54, 1.807) is 24.3 Å². The third kappa shape index (κ3) is 4.90.